The minimum Gasteiger partial charge on any atom is -0.381 e. The van der Waals surface area contributed by atoms with Gasteiger partial charge in [-0.05, 0) is 200 Å². The number of aryl methyl sites for hydroxylation is 2. The van der Waals surface area contributed by atoms with Crippen LogP contribution in [0, 0.1) is 49.4 Å². The molecule has 5 spiro atoms. The molecule has 9 saturated heterocycles. The average Bonchev–Trinajstić information content (AvgIpc) is 1.61. The summed E-state index contributed by atoms with van der Waals surface area (Å²) in [4.78, 5) is 0. The maximum Gasteiger partial charge on any atom is 0.173 e. The van der Waals surface area contributed by atoms with Gasteiger partial charge in [0.05, 0.1) is 99.2 Å². The van der Waals surface area contributed by atoms with E-state index in [9.17, 15) is 0 Å². The molecule has 14 atom stereocenters. The van der Waals surface area contributed by atoms with Gasteiger partial charge in [0, 0.05) is 75.1 Å². The van der Waals surface area contributed by atoms with E-state index in [1.807, 2.05) is 91.6 Å². The van der Waals surface area contributed by atoms with E-state index in [2.05, 4.69) is 234 Å². The number of unbranched alkanes of at least 4 members (excludes halogenated alkanes) is 2. The van der Waals surface area contributed by atoms with Crippen molar-refractivity contribution in [2.45, 2.75) is 513 Å². The van der Waals surface area contributed by atoms with Gasteiger partial charge >= 0.3 is 0 Å². The van der Waals surface area contributed by atoms with E-state index in [0.29, 0.717) is 71.3 Å². The summed E-state index contributed by atoms with van der Waals surface area (Å²) in [6, 6.07) is 35.7. The lowest BCUT2D eigenvalue weighted by Crippen LogP contribution is -2.38. The van der Waals surface area contributed by atoms with Crippen molar-refractivity contribution in [3.63, 3.8) is 0 Å². The minimum atomic E-state index is -0.495. The van der Waals surface area contributed by atoms with Gasteiger partial charge in [0.25, 0.3) is 0 Å². The summed E-state index contributed by atoms with van der Waals surface area (Å²) in [6.45, 7) is 64.8. The van der Waals surface area contributed by atoms with Crippen molar-refractivity contribution in [3.05, 3.63) is 142 Å². The Bertz CT molecular complexity index is 3690. The molecule has 0 N–H and O–H groups in total. The molecule has 3 aliphatic carbocycles. The van der Waals surface area contributed by atoms with Gasteiger partial charge in [-0.15, -0.1) is 34.8 Å². The van der Waals surface area contributed by atoms with Crippen molar-refractivity contribution < 1.29 is 75.8 Å². The highest BCUT2D eigenvalue weighted by Crippen LogP contribution is 2.51. The van der Waals surface area contributed by atoms with Crippen LogP contribution in [0.3, 0.4) is 0 Å². The highest BCUT2D eigenvalue weighted by atomic mass is 79.9. The average molecular weight is 2080 g/mol. The van der Waals surface area contributed by atoms with Crippen LogP contribution in [0.15, 0.2) is 103 Å². The number of hydrogen-bond acceptors (Lipinski definition) is 16. The maximum atomic E-state index is 6.39. The lowest BCUT2D eigenvalue weighted by molar-refractivity contribution is -0.219. The zero-order valence-corrected chi connectivity index (χ0v) is 95.9. The number of rotatable bonds is 22. The molecule has 3 saturated carbocycles. The Kier molecular flexibility index (Phi) is 60.4. The zero-order chi connectivity index (χ0) is 102. The third-order valence-corrected chi connectivity index (χ3v) is 28.4. The first-order chi connectivity index (χ1) is 65.2. The second kappa shape index (κ2) is 65.0. The number of halogens is 5. The quantitative estimate of drug-likeness (QED) is 0.0687. The lowest BCUT2D eigenvalue weighted by atomic mass is 9.94. The summed E-state index contributed by atoms with van der Waals surface area (Å²) >= 11 is 26.3. The van der Waals surface area contributed by atoms with Crippen LogP contribution in [0.1, 0.15) is 419 Å². The van der Waals surface area contributed by atoms with Crippen LogP contribution in [-0.2, 0) is 75.8 Å². The normalized spacial score (nSPS) is 27.5. The van der Waals surface area contributed by atoms with Crippen LogP contribution in [0.4, 0.5) is 0 Å². The minimum absolute atomic E-state index is 0. The van der Waals surface area contributed by atoms with E-state index in [1.165, 1.54) is 105 Å². The Morgan fingerprint density at radius 2 is 0.652 bits per heavy atom. The van der Waals surface area contributed by atoms with Gasteiger partial charge in [-0.2, -0.15) is 0 Å². The molecular weight excluding hydrogens is 1880 g/mol. The second-order valence-corrected chi connectivity index (χ2v) is 43.9. The monoisotopic (exact) mass is 2080 g/mol. The van der Waals surface area contributed by atoms with E-state index >= 15 is 0 Å². The van der Waals surface area contributed by atoms with Gasteiger partial charge in [-0.1, -0.05) is 328 Å². The van der Waals surface area contributed by atoms with Crippen LogP contribution in [0.2, 0.25) is 5.02 Å². The Labute approximate surface area is 871 Å². The van der Waals surface area contributed by atoms with E-state index in [-0.39, 0.29) is 104 Å². The highest BCUT2D eigenvalue weighted by Gasteiger charge is 2.55. The number of benzene rings is 4. The van der Waals surface area contributed by atoms with E-state index < -0.39 is 17.4 Å². The summed E-state index contributed by atoms with van der Waals surface area (Å²) in [5.41, 5.74) is 7.87. The summed E-state index contributed by atoms with van der Waals surface area (Å²) in [7, 11) is 0. The summed E-state index contributed by atoms with van der Waals surface area (Å²) in [5.74, 6) is 5.43. The maximum absolute atomic E-state index is 6.39. The Hall–Kier alpha value is -2.12. The molecule has 9 aliphatic heterocycles. The predicted octanol–water partition coefficient (Wildman–Crippen LogP) is 33.6. The van der Waals surface area contributed by atoms with E-state index in [4.69, 9.17) is 122 Å². The molecule has 0 amide bonds. The molecule has 798 valence electrons. The standard InChI is InChI=1S/C17H24O2.C14H25ClO2.C14H26O3.C14H26O2.C13H17ClO2.C11H19ClO3.C10H14.C9H17ClO2.C9H12.2C2H6.CH3Br.CH4/c1-12(2)15-16(14-8-6-13(3)7-9-14)19-17(18-15)10-4-5-11-17;1-11(2)13-12(7-6-10-15)16-14(17-13)8-4-3-5-9-14;1-4-5-6-12-13(11(2)3)17-14(16-12)7-9-15-10-8-14;1-4-5-8-12-13(11(2)3)16-14(15-12)9-6-7-10-14;1-4-11-12(16-13(2,3)15-11)9-5-7-10(14)8-6-9;1-8(2)10-9(7-12)14-11(15-10)3-5-13-6-4-11;1-8(2)10-6-4-5-9(3)7-10;1-6(2)8-7(5-10)11-9(3,4)12-8;1-8(2)9-6-4-3-5-7-9;3*1-2;/h6-9,12,15-16H,4-5,10-11H2,1-3H3;11-13H,3-10H2,1-2H3;11-13H,4-10H2,1-3H3;11-13H,4-10H2,1-3H3;5-8,11-12H,4H2,1-3H3;8-10H,3-7H2,1-2H3;4-8H,1-3H3;6-8H,5H2,1-4H3;3-8H,1-2H3;2*1-2H3;1H3;1H4/t15-,16-;3*12-,13-;11-,12-;9-,10-;;7-,8-;;;;;/m111111.1...../s1. The van der Waals surface area contributed by atoms with Crippen molar-refractivity contribution in [3.8, 4) is 0 Å². The first-order valence-electron chi connectivity index (χ1n) is 53.9. The summed E-state index contributed by atoms with van der Waals surface area (Å²) in [6.07, 6.45) is 31.4. The van der Waals surface area contributed by atoms with Crippen molar-refractivity contribution in [1.29, 1.82) is 0 Å². The molecule has 4 aromatic rings. The topological polar surface area (TPSA) is 148 Å². The molecular formula is C117H199BrCl4O16. The molecule has 21 heteroatoms. The fourth-order valence-corrected chi connectivity index (χ4v) is 20.8. The molecule has 0 unspecified atom stereocenters. The molecule has 12 fully saturated rings. The van der Waals surface area contributed by atoms with Gasteiger partial charge in [0.2, 0.25) is 0 Å². The Morgan fingerprint density at radius 3 is 1.00 bits per heavy atom. The van der Waals surface area contributed by atoms with Crippen molar-refractivity contribution in [1.82, 2.24) is 0 Å². The van der Waals surface area contributed by atoms with Gasteiger partial charge in [0.1, 0.15) is 24.4 Å². The van der Waals surface area contributed by atoms with Crippen molar-refractivity contribution in [2.75, 3.05) is 49.9 Å². The molecule has 16 rings (SSSR count). The Balaban J connectivity index is 0.000000324. The number of ether oxygens (including phenoxy) is 16. The smallest absolute Gasteiger partial charge is 0.173 e. The van der Waals surface area contributed by atoms with Gasteiger partial charge in [0.15, 0.2) is 40.5 Å². The van der Waals surface area contributed by atoms with Gasteiger partial charge in [-0.3, -0.25) is 0 Å². The van der Waals surface area contributed by atoms with Gasteiger partial charge < -0.3 is 75.8 Å². The number of alkyl halides is 4. The van der Waals surface area contributed by atoms with E-state index in [1.54, 1.807) is 0 Å². The molecule has 4 aromatic carbocycles. The fourth-order valence-electron chi connectivity index (χ4n) is 20.0. The molecule has 138 heavy (non-hydrogen) atoms. The third-order valence-electron chi connectivity index (χ3n) is 27.3. The SMILES string of the molecule is C.CBr.CC.CC.CC(C)[C@H]1OC(C)(C)O[C@@H]1CCl.CC(C)[C@H]1OC2(CCCCC2)O[C@@H]1CCCCl.CC(C)[C@H]1OC2(CCOCC2)O[C@@H]1CCl.CC(C)c1ccccc1.CCCC[C@H]1OC2(CCCC2)O[C@@H]1C(C)C.CCCC[C@H]1OC2(CCOCC2)O[C@@H]1C(C)C.CC[C@H]1OC(C)(C)O[C@@H]1c1ccc(Cl)cc1.Cc1ccc([C@H]2OC3(CCCC3)O[C@@H]2C(C)C)cc1.Cc1cccc(C(C)C)c1. The first kappa shape index (κ1) is 128. The Morgan fingerprint density at radius 1 is 0.326 bits per heavy atom. The predicted molar refractivity (Wildman–Crippen MR) is 581 cm³/mol. The van der Waals surface area contributed by atoms with Crippen molar-refractivity contribution >= 4 is 62.3 Å². The zero-order valence-electron chi connectivity index (χ0n) is 91.3. The highest BCUT2D eigenvalue weighted by molar-refractivity contribution is 9.08. The molecule has 16 nitrogen and oxygen atoms in total. The fraction of sp³-hybridized carbons (Fsp3) is 0.795. The molecule has 12 aliphatic rings. The van der Waals surface area contributed by atoms with Gasteiger partial charge in [-0.25, -0.2) is 0 Å². The molecule has 0 aromatic heterocycles. The molecule has 0 radical (unpaired) electrons. The largest absolute Gasteiger partial charge is 0.381 e. The summed E-state index contributed by atoms with van der Waals surface area (Å²) in [5, 5.41) is 0.745. The first-order valence-corrected chi connectivity index (χ1v) is 57.5. The van der Waals surface area contributed by atoms with Crippen LogP contribution in [0.5, 0.6) is 0 Å². The van der Waals surface area contributed by atoms with Crippen LogP contribution in [-0.4, -0.2) is 164 Å². The van der Waals surface area contributed by atoms with Crippen LogP contribution < -0.4 is 0 Å². The summed E-state index contributed by atoms with van der Waals surface area (Å²) < 4.78 is 96.2. The third kappa shape index (κ3) is 41.1. The molecule has 9 heterocycles. The lowest BCUT2D eigenvalue weighted by Gasteiger charge is -2.32. The van der Waals surface area contributed by atoms with E-state index in [0.717, 1.165) is 133 Å². The molecule has 0 bridgehead atoms. The second-order valence-electron chi connectivity index (χ2n) is 42.5. The number of hydrogen-bond donors (Lipinski definition) is 0. The van der Waals surface area contributed by atoms with Crippen LogP contribution in [0.25, 0.3) is 0 Å². The van der Waals surface area contributed by atoms with Crippen molar-refractivity contribution in [2.24, 2.45) is 35.5 Å². The van der Waals surface area contributed by atoms with Crippen LogP contribution >= 0.6 is 62.3 Å².